The molecule has 0 heterocycles. The molecule has 0 saturated carbocycles. The van der Waals surface area contributed by atoms with Crippen molar-refractivity contribution >= 4 is 48.5 Å². The molecule has 0 unspecified atom stereocenters. The summed E-state index contributed by atoms with van der Waals surface area (Å²) in [4.78, 5) is 0. The second-order valence-electron chi connectivity index (χ2n) is 13.0. The van der Waals surface area contributed by atoms with E-state index in [2.05, 4.69) is 173 Å². The van der Waals surface area contributed by atoms with Crippen LogP contribution in [0.1, 0.15) is 37.8 Å². The summed E-state index contributed by atoms with van der Waals surface area (Å²) in [6, 6.07) is 53.3. The van der Waals surface area contributed by atoms with Crippen LogP contribution >= 0.6 is 0 Å². The molecule has 0 spiro atoms. The minimum atomic E-state index is 0. The molecular formula is C46H44Cl2SiZr-2. The van der Waals surface area contributed by atoms with E-state index in [0.717, 1.165) is 12.8 Å². The first-order chi connectivity index (χ1) is 23.4. The number of rotatable bonds is 6. The summed E-state index contributed by atoms with van der Waals surface area (Å²) in [5, 5.41) is 10.7. The van der Waals surface area contributed by atoms with Gasteiger partial charge in [-0.15, -0.1) is 69.1 Å². The molecule has 4 heteroatoms. The first-order valence-electron chi connectivity index (χ1n) is 17.3. The Balaban J connectivity index is 0.000000196. The Morgan fingerprint density at radius 2 is 0.860 bits per heavy atom. The zero-order valence-electron chi connectivity index (χ0n) is 29.4. The Morgan fingerprint density at radius 3 is 1.24 bits per heavy atom. The molecule has 0 radical (unpaired) electrons. The number of benzene rings is 6. The van der Waals surface area contributed by atoms with Crippen LogP contribution in [0.25, 0.3) is 65.3 Å². The maximum absolute atomic E-state index is 2.36. The maximum atomic E-state index is 2.36. The Bertz CT molecular complexity index is 2160. The zero-order chi connectivity index (χ0) is 33.5. The van der Waals surface area contributed by atoms with Crippen molar-refractivity contribution in [2.45, 2.75) is 52.6 Å². The molecule has 0 saturated heterocycles. The third-order valence-electron chi connectivity index (χ3n) is 8.82. The van der Waals surface area contributed by atoms with Gasteiger partial charge in [0, 0.05) is 0 Å². The molecule has 0 fully saturated rings. The van der Waals surface area contributed by atoms with Gasteiger partial charge < -0.3 is 24.8 Å². The van der Waals surface area contributed by atoms with Gasteiger partial charge in [-0.1, -0.05) is 123 Å². The Morgan fingerprint density at radius 1 is 0.480 bits per heavy atom. The van der Waals surface area contributed by atoms with Crippen molar-refractivity contribution in [2.75, 3.05) is 0 Å². The average Bonchev–Trinajstić information content (AvgIpc) is 3.71. The van der Waals surface area contributed by atoms with E-state index in [-0.39, 0.29) is 30.2 Å². The minimum Gasteiger partial charge on any atom is -1.00 e. The van der Waals surface area contributed by atoms with Gasteiger partial charge in [-0.3, -0.25) is 0 Å². The van der Waals surface area contributed by atoms with Gasteiger partial charge in [0.2, 0.25) is 0 Å². The van der Waals surface area contributed by atoms with Crippen LogP contribution in [0.15, 0.2) is 146 Å². The van der Waals surface area contributed by atoms with Gasteiger partial charge in [0.15, 0.2) is 0 Å². The van der Waals surface area contributed by atoms with Crippen LogP contribution in [-0.2, 0) is 36.2 Å². The molecule has 8 rings (SSSR count). The third-order valence-corrected chi connectivity index (χ3v) is 8.82. The molecule has 8 aromatic carbocycles. The summed E-state index contributed by atoms with van der Waals surface area (Å²) < 4.78 is 0. The number of aryl methyl sites for hydroxylation is 2. The molecule has 0 amide bonds. The van der Waals surface area contributed by atoms with Gasteiger partial charge >= 0.3 is 41.9 Å². The third kappa shape index (κ3) is 9.54. The van der Waals surface area contributed by atoms with E-state index in [1.54, 1.807) is 23.3 Å². The van der Waals surface area contributed by atoms with Gasteiger partial charge in [-0.05, 0) is 57.6 Å². The molecule has 0 atom stereocenters. The Labute approximate surface area is 325 Å². The van der Waals surface area contributed by atoms with E-state index < -0.39 is 0 Å². The quantitative estimate of drug-likeness (QED) is 0.121. The van der Waals surface area contributed by atoms with E-state index in [1.807, 2.05) is 0 Å². The molecular weight excluding hydrogens is 743 g/mol. The molecule has 50 heavy (non-hydrogen) atoms. The maximum Gasteiger partial charge on any atom is -1.00 e. The smallest absolute Gasteiger partial charge is 1.00 e. The molecule has 0 aromatic heterocycles. The monoisotopic (exact) mass is 784 g/mol. The summed E-state index contributed by atoms with van der Waals surface area (Å²) in [6.07, 6.45) is 4.71. The van der Waals surface area contributed by atoms with Gasteiger partial charge in [0.25, 0.3) is 0 Å². The first-order valence-corrected chi connectivity index (χ1v) is 23.5. The van der Waals surface area contributed by atoms with Crippen LogP contribution in [0, 0.1) is 0 Å². The van der Waals surface area contributed by atoms with Gasteiger partial charge in [-0.25, -0.2) is 0 Å². The molecule has 252 valence electrons. The van der Waals surface area contributed by atoms with Crippen LogP contribution in [0.3, 0.4) is 0 Å². The van der Waals surface area contributed by atoms with Crippen LogP contribution < -0.4 is 24.8 Å². The van der Waals surface area contributed by atoms with Crippen LogP contribution in [0.4, 0.5) is 0 Å². The number of hydrogen-bond donors (Lipinski definition) is 0. The SMILES string of the molecule is CCCc1cc2c(-c3ccc4ccccc4c3)cccc2[cH-]1.CCCc1cc2c(-c3ccc4ccccc4c3)cccc2[cH-]1.C[Si](C)=[Zr+2].[Cl-].[Cl-]. The van der Waals surface area contributed by atoms with E-state index in [4.69, 9.17) is 0 Å². The predicted molar refractivity (Wildman–Crippen MR) is 210 cm³/mol. The van der Waals surface area contributed by atoms with Crippen molar-refractivity contribution in [3.05, 3.63) is 157 Å². The predicted octanol–water partition coefficient (Wildman–Crippen LogP) is 7.46. The Kier molecular flexibility index (Phi) is 14.9. The van der Waals surface area contributed by atoms with Crippen molar-refractivity contribution in [3.8, 4) is 22.3 Å². The second kappa shape index (κ2) is 18.8. The van der Waals surface area contributed by atoms with Gasteiger partial charge in [0.1, 0.15) is 0 Å². The summed E-state index contributed by atoms with van der Waals surface area (Å²) in [6.45, 7) is 9.09. The second-order valence-corrected chi connectivity index (χ2v) is 22.3. The van der Waals surface area contributed by atoms with E-state index in [0.29, 0.717) is 0 Å². The summed E-state index contributed by atoms with van der Waals surface area (Å²) >= 11 is 1.74. The van der Waals surface area contributed by atoms with Crippen molar-refractivity contribution in [3.63, 3.8) is 0 Å². The Hall–Kier alpha value is -3.26. The average molecular weight is 787 g/mol. The zero-order valence-corrected chi connectivity index (χ0v) is 34.4. The topological polar surface area (TPSA) is 0 Å². The fourth-order valence-electron chi connectivity index (χ4n) is 6.68. The minimum absolute atomic E-state index is 0. The van der Waals surface area contributed by atoms with E-state index in [9.17, 15) is 0 Å². The van der Waals surface area contributed by atoms with Crippen LogP contribution in [0.2, 0.25) is 13.1 Å². The fraction of sp³-hybridized carbons (Fsp3) is 0.174. The number of hydrogen-bond acceptors (Lipinski definition) is 0. The first kappa shape index (κ1) is 39.5. The largest absolute Gasteiger partial charge is 1.00 e. The molecule has 0 aliphatic carbocycles. The van der Waals surface area contributed by atoms with Crippen LogP contribution in [0.5, 0.6) is 0 Å². The standard InChI is InChI=1S/2C22H19.C2H6Si.2ClH.Zr/c2*1-2-6-16-13-19-9-5-10-21(22(19)14-16)20-12-11-17-7-3-4-8-18(17)15-20;1-3-2;;;/h2*3-5,7-15H,2,6H2,1H3;1-2H3;2*1H;/q2*-1;;;;+2/p-2. The molecule has 0 aliphatic rings. The van der Waals surface area contributed by atoms with Gasteiger partial charge in [-0.2, -0.15) is 12.1 Å². The van der Waals surface area contributed by atoms with Crippen molar-refractivity contribution < 1.29 is 48.1 Å². The van der Waals surface area contributed by atoms with E-state index in [1.165, 1.54) is 89.3 Å². The van der Waals surface area contributed by atoms with E-state index >= 15 is 0 Å². The molecule has 0 bridgehead atoms. The van der Waals surface area contributed by atoms with Gasteiger partial charge in [0.05, 0.1) is 0 Å². The van der Waals surface area contributed by atoms with Crippen LogP contribution in [-0.4, -0.2) is 5.43 Å². The summed E-state index contributed by atoms with van der Waals surface area (Å²) in [5.74, 6) is 0. The number of fused-ring (bicyclic) bond motifs is 4. The summed E-state index contributed by atoms with van der Waals surface area (Å²) in [7, 11) is 0. The molecule has 0 N–H and O–H groups in total. The normalized spacial score (nSPS) is 10.5. The van der Waals surface area contributed by atoms with Crippen molar-refractivity contribution in [2.24, 2.45) is 0 Å². The van der Waals surface area contributed by atoms with Crippen molar-refractivity contribution in [1.82, 2.24) is 0 Å². The molecule has 0 nitrogen and oxygen atoms in total. The fourth-order valence-corrected chi connectivity index (χ4v) is 6.68. The molecule has 8 aromatic rings. The summed E-state index contributed by atoms with van der Waals surface area (Å²) in [5.41, 5.74) is 8.39. The van der Waals surface area contributed by atoms with Crippen molar-refractivity contribution in [1.29, 1.82) is 0 Å². The number of halogens is 2. The molecule has 0 aliphatic heterocycles.